The number of anilines is 2. The van der Waals surface area contributed by atoms with Gasteiger partial charge in [-0.15, -0.1) is 0 Å². The van der Waals surface area contributed by atoms with Gasteiger partial charge in [0.1, 0.15) is 10.5 Å². The smallest absolute Gasteiger partial charge is 0.282 e. The summed E-state index contributed by atoms with van der Waals surface area (Å²) in [6, 6.07) is 16.1. The van der Waals surface area contributed by atoms with Crippen molar-refractivity contribution in [1.82, 2.24) is 39.7 Å². The number of ether oxygens (including phenoxy) is 1. The van der Waals surface area contributed by atoms with Crippen LogP contribution in [0.5, 0.6) is 5.88 Å². The molecule has 8 rings (SSSR count). The van der Waals surface area contributed by atoms with Gasteiger partial charge in [-0.25, -0.2) is 9.67 Å². The number of rotatable bonds is 13. The van der Waals surface area contributed by atoms with Gasteiger partial charge >= 0.3 is 0 Å². The van der Waals surface area contributed by atoms with E-state index < -0.39 is 11.9 Å². The third-order valence-corrected chi connectivity index (χ3v) is 13.0. The highest BCUT2D eigenvalue weighted by Crippen LogP contribution is 2.31. The Morgan fingerprint density at radius 1 is 0.952 bits per heavy atom. The predicted octanol–water partition coefficient (Wildman–Crippen LogP) is 3.01. The highest BCUT2D eigenvalue weighted by atomic mass is 79.9. The van der Waals surface area contributed by atoms with Crippen LogP contribution in [0.25, 0.3) is 0 Å². The summed E-state index contributed by atoms with van der Waals surface area (Å²) in [5, 5.41) is 12.8. The fourth-order valence-electron chi connectivity index (χ4n) is 8.86. The molecule has 0 spiro atoms. The molecule has 2 aromatic heterocycles. The van der Waals surface area contributed by atoms with Gasteiger partial charge in [-0.2, -0.15) is 5.10 Å². The maximum atomic E-state index is 13.5. The van der Waals surface area contributed by atoms with Crippen LogP contribution in [0, 0.1) is 0 Å². The minimum absolute atomic E-state index is 0.0425. The number of aromatic nitrogens is 3. The van der Waals surface area contributed by atoms with Crippen molar-refractivity contribution in [2.24, 2.45) is 7.05 Å². The van der Waals surface area contributed by atoms with Crippen molar-refractivity contribution in [3.05, 3.63) is 110 Å². The Morgan fingerprint density at radius 2 is 1.75 bits per heavy atom. The number of aryl methyl sites for hydroxylation is 1. The molecule has 4 aromatic rings. The monoisotopic (exact) mass is 922 g/mol. The number of likely N-dealkylation sites (N-methyl/N-ethyl adjacent to an activating group) is 1. The van der Waals surface area contributed by atoms with Crippen molar-refractivity contribution >= 4 is 56.8 Å². The number of pyridine rings is 1. The maximum Gasteiger partial charge on any atom is 0.282 e. The molecule has 17 nitrogen and oxygen atoms in total. The summed E-state index contributed by atoms with van der Waals surface area (Å²) in [4.78, 5) is 88.0. The molecule has 1 unspecified atom stereocenters. The quantitative estimate of drug-likeness (QED) is 0.132. The van der Waals surface area contributed by atoms with E-state index in [1.807, 2.05) is 23.1 Å². The highest BCUT2D eigenvalue weighted by molar-refractivity contribution is 9.10. The molecule has 4 aliphatic heterocycles. The number of piperidine rings is 2. The van der Waals surface area contributed by atoms with Gasteiger partial charge < -0.3 is 30.1 Å². The van der Waals surface area contributed by atoms with Crippen molar-refractivity contribution in [2.45, 2.75) is 56.7 Å². The third kappa shape index (κ3) is 10.3. The Labute approximate surface area is 373 Å². The molecule has 0 saturated carbocycles. The standard InChI is InChI=1S/C45H51BrN10O7/c1-52-25-31(21-34(27-52)49-36-24-48-53(2)45(62)41(36)46)29-5-7-30(8-6-29)43(60)55-17-15-54(16-18-55)14-3-19-63-40-13-4-28(23-47-40)20-39(58)50-33-9-10-35-32(22-33)26-56(44(35)61)37-11-12-38(57)51-42(37)59/h4-10,13,22-24,31,34,37,49H,3,11-12,14-21,25-27H2,1-2H3,(H,50,58)(H,51,57,59)/t31-,34+,37?/m1/s1. The lowest BCUT2D eigenvalue weighted by Gasteiger charge is -2.37. The lowest BCUT2D eigenvalue weighted by molar-refractivity contribution is -0.137. The molecule has 3 N–H and O–H groups in total. The molecule has 0 radical (unpaired) electrons. The van der Waals surface area contributed by atoms with E-state index in [-0.39, 0.29) is 67.0 Å². The molecule has 6 heterocycles. The Balaban J connectivity index is 0.728. The summed E-state index contributed by atoms with van der Waals surface area (Å²) in [6.07, 6.45) is 5.54. The number of likely N-dealkylation sites (tertiary alicyclic amines) is 1. The van der Waals surface area contributed by atoms with E-state index in [0.717, 1.165) is 45.6 Å². The summed E-state index contributed by atoms with van der Waals surface area (Å²) >= 11 is 3.42. The van der Waals surface area contributed by atoms with Gasteiger partial charge in [0, 0.05) is 101 Å². The van der Waals surface area contributed by atoms with Crippen LogP contribution in [0.2, 0.25) is 0 Å². The second-order valence-corrected chi connectivity index (χ2v) is 17.5. The summed E-state index contributed by atoms with van der Waals surface area (Å²) < 4.78 is 7.67. The summed E-state index contributed by atoms with van der Waals surface area (Å²) in [6.45, 7) is 6.16. The molecular weight excluding hydrogens is 872 g/mol. The number of benzene rings is 2. The minimum atomic E-state index is -0.699. The average Bonchev–Trinajstić information content (AvgIpc) is 3.60. The van der Waals surface area contributed by atoms with Crippen LogP contribution >= 0.6 is 15.9 Å². The number of imide groups is 1. The Hall–Kier alpha value is -5.98. The van der Waals surface area contributed by atoms with Crippen LogP contribution in [0.1, 0.15) is 69.0 Å². The first-order valence-corrected chi connectivity index (χ1v) is 22.1. The summed E-state index contributed by atoms with van der Waals surface area (Å²) in [7, 11) is 3.72. The summed E-state index contributed by atoms with van der Waals surface area (Å²) in [5.74, 6) is -0.519. The number of carbonyl (C=O) groups is 5. The van der Waals surface area contributed by atoms with Crippen molar-refractivity contribution in [1.29, 1.82) is 0 Å². The molecule has 4 aliphatic rings. The van der Waals surface area contributed by atoms with E-state index in [4.69, 9.17) is 4.74 Å². The van der Waals surface area contributed by atoms with Crippen molar-refractivity contribution < 1.29 is 28.7 Å². The largest absolute Gasteiger partial charge is 0.478 e. The van der Waals surface area contributed by atoms with E-state index in [0.29, 0.717) is 63.7 Å². The SMILES string of the molecule is CN1C[C@@H](Nc2cnn(C)c(=O)c2Br)C[C@@H](c2ccc(C(=O)N3CCN(CCCOc4ccc(CC(=O)Nc5ccc6c(c5)CN(C5CCC(=O)NC5=O)C6=O)cn4)CC3)cc2)C1. The Kier molecular flexibility index (Phi) is 13.3. The zero-order chi connectivity index (χ0) is 44.2. The van der Waals surface area contributed by atoms with E-state index in [1.165, 1.54) is 15.1 Å². The number of halogens is 1. The predicted molar refractivity (Wildman–Crippen MR) is 237 cm³/mol. The zero-order valence-electron chi connectivity index (χ0n) is 35.3. The molecule has 5 amide bonds. The molecule has 63 heavy (non-hydrogen) atoms. The van der Waals surface area contributed by atoms with Gasteiger partial charge in [0.15, 0.2) is 0 Å². The van der Waals surface area contributed by atoms with E-state index in [9.17, 15) is 28.8 Å². The number of carbonyl (C=O) groups excluding carboxylic acids is 5. The van der Waals surface area contributed by atoms with Gasteiger partial charge in [-0.05, 0) is 95.2 Å². The second-order valence-electron chi connectivity index (χ2n) is 16.8. The second kappa shape index (κ2) is 19.2. The number of fused-ring (bicyclic) bond motifs is 1. The first-order valence-electron chi connectivity index (χ1n) is 21.3. The average molecular weight is 924 g/mol. The molecule has 3 saturated heterocycles. The topological polar surface area (TPSA) is 191 Å². The number of nitrogens with one attached hydrogen (secondary N) is 3. The van der Waals surface area contributed by atoms with Gasteiger partial charge in [0.2, 0.25) is 23.6 Å². The van der Waals surface area contributed by atoms with Gasteiger partial charge in [-0.1, -0.05) is 18.2 Å². The van der Waals surface area contributed by atoms with Crippen molar-refractivity contribution in [3.8, 4) is 5.88 Å². The molecule has 18 heteroatoms. The summed E-state index contributed by atoms with van der Waals surface area (Å²) in [5.41, 5.74) is 4.82. The normalized spacial score (nSPS) is 20.6. The number of hydrogen-bond donors (Lipinski definition) is 3. The van der Waals surface area contributed by atoms with Crippen LogP contribution in [0.15, 0.2) is 76.3 Å². The molecule has 3 atom stereocenters. The van der Waals surface area contributed by atoms with Gasteiger partial charge in [0.25, 0.3) is 17.4 Å². The minimum Gasteiger partial charge on any atom is -0.478 e. The first kappa shape index (κ1) is 43.7. The highest BCUT2D eigenvalue weighted by Gasteiger charge is 2.39. The third-order valence-electron chi connectivity index (χ3n) is 12.2. The van der Waals surface area contributed by atoms with Gasteiger partial charge in [0.05, 0.1) is 24.9 Å². The molecule has 2 aromatic carbocycles. The van der Waals surface area contributed by atoms with Crippen LogP contribution < -0.4 is 26.2 Å². The Bertz CT molecular complexity index is 2440. The molecule has 0 aliphatic carbocycles. The Morgan fingerprint density at radius 3 is 2.49 bits per heavy atom. The lowest BCUT2D eigenvalue weighted by Crippen LogP contribution is -2.52. The van der Waals surface area contributed by atoms with Crippen LogP contribution in [-0.2, 0) is 34.4 Å². The number of hydrogen-bond acceptors (Lipinski definition) is 12. The zero-order valence-corrected chi connectivity index (χ0v) is 36.9. The first-order chi connectivity index (χ1) is 30.4. The number of piperazine rings is 1. The van der Waals surface area contributed by atoms with Crippen molar-refractivity contribution in [2.75, 3.05) is 70.1 Å². The number of amides is 5. The molecular formula is C45H51BrN10O7. The van der Waals surface area contributed by atoms with Crippen LogP contribution in [-0.4, -0.2) is 135 Å². The van der Waals surface area contributed by atoms with Crippen LogP contribution in [0.4, 0.5) is 11.4 Å². The maximum absolute atomic E-state index is 13.5. The van der Waals surface area contributed by atoms with Crippen LogP contribution in [0.3, 0.4) is 0 Å². The molecule has 0 bridgehead atoms. The fraction of sp³-hybridized carbons (Fsp3) is 0.422. The van der Waals surface area contributed by atoms with E-state index >= 15 is 0 Å². The molecule has 3 fully saturated rings. The van der Waals surface area contributed by atoms with E-state index in [1.54, 1.807) is 43.7 Å². The number of nitrogens with zero attached hydrogens (tertiary/aromatic N) is 7. The fourth-order valence-corrected chi connectivity index (χ4v) is 9.33. The lowest BCUT2D eigenvalue weighted by atomic mass is 9.87. The molecule has 330 valence electrons. The van der Waals surface area contributed by atoms with E-state index in [2.05, 4.69) is 70.9 Å². The van der Waals surface area contributed by atoms with Crippen molar-refractivity contribution in [3.63, 3.8) is 0 Å². The van der Waals surface area contributed by atoms with Gasteiger partial charge in [-0.3, -0.25) is 39.0 Å².